The van der Waals surface area contributed by atoms with Crippen LogP contribution in [0.25, 0.3) is 0 Å². The maximum absolute atomic E-state index is 4.52. The maximum Gasteiger partial charge on any atom is 0.137 e. The molecule has 0 aromatic carbocycles. The lowest BCUT2D eigenvalue weighted by molar-refractivity contribution is 0.571. The average Bonchev–Trinajstić information content (AvgIpc) is 2.45. The molecular formula is C14H24N4. The van der Waals surface area contributed by atoms with E-state index in [1.54, 1.807) is 6.33 Å². The van der Waals surface area contributed by atoms with Crippen molar-refractivity contribution in [1.29, 1.82) is 0 Å². The third-order valence-corrected chi connectivity index (χ3v) is 3.47. The second kappa shape index (κ2) is 6.57. The van der Waals surface area contributed by atoms with Gasteiger partial charge in [0.2, 0.25) is 0 Å². The zero-order valence-electron chi connectivity index (χ0n) is 11.6. The second-order valence-electron chi connectivity index (χ2n) is 4.85. The number of aromatic nitrogens is 2. The maximum atomic E-state index is 4.52. The molecule has 2 heterocycles. The Morgan fingerprint density at radius 1 is 1.17 bits per heavy atom. The molecule has 0 amide bonds. The molecule has 100 valence electrons. The third-order valence-electron chi connectivity index (χ3n) is 3.47. The molecule has 4 nitrogen and oxygen atoms in total. The van der Waals surface area contributed by atoms with Crippen LogP contribution in [0.4, 0.5) is 11.6 Å². The first-order chi connectivity index (χ1) is 8.86. The van der Waals surface area contributed by atoms with Crippen LogP contribution in [0.3, 0.4) is 0 Å². The highest BCUT2D eigenvalue weighted by Crippen LogP contribution is 2.26. The van der Waals surface area contributed by atoms with Gasteiger partial charge in [-0.1, -0.05) is 13.8 Å². The quantitative estimate of drug-likeness (QED) is 0.870. The van der Waals surface area contributed by atoms with Crippen LogP contribution in [-0.2, 0) is 6.42 Å². The van der Waals surface area contributed by atoms with Gasteiger partial charge in [-0.15, -0.1) is 0 Å². The zero-order valence-corrected chi connectivity index (χ0v) is 11.6. The van der Waals surface area contributed by atoms with Crippen molar-refractivity contribution in [3.05, 3.63) is 11.9 Å². The summed E-state index contributed by atoms with van der Waals surface area (Å²) in [6.07, 6.45) is 7.71. The van der Waals surface area contributed by atoms with Crippen LogP contribution in [0.1, 0.15) is 45.1 Å². The number of hydrogen-bond donors (Lipinski definition) is 1. The van der Waals surface area contributed by atoms with Crippen molar-refractivity contribution in [2.45, 2.75) is 46.0 Å². The van der Waals surface area contributed by atoms with Crippen LogP contribution < -0.4 is 10.2 Å². The Balaban J connectivity index is 2.22. The van der Waals surface area contributed by atoms with Crippen LogP contribution in [0, 0.1) is 0 Å². The van der Waals surface area contributed by atoms with E-state index in [-0.39, 0.29) is 0 Å². The van der Waals surface area contributed by atoms with Gasteiger partial charge < -0.3 is 10.2 Å². The van der Waals surface area contributed by atoms with Crippen molar-refractivity contribution >= 4 is 11.6 Å². The van der Waals surface area contributed by atoms with E-state index < -0.39 is 0 Å². The summed E-state index contributed by atoms with van der Waals surface area (Å²) in [7, 11) is 0. The molecule has 2 rings (SSSR count). The lowest BCUT2D eigenvalue weighted by Gasteiger charge is -2.29. The SMILES string of the molecule is CCCNc1ncnc(N2CCCCC2)c1CC. The van der Waals surface area contributed by atoms with Gasteiger partial charge in [0.15, 0.2) is 0 Å². The first-order valence-electron chi connectivity index (χ1n) is 7.19. The van der Waals surface area contributed by atoms with Gasteiger partial charge in [-0.25, -0.2) is 9.97 Å². The molecule has 1 N–H and O–H groups in total. The van der Waals surface area contributed by atoms with Crippen LogP contribution in [0.5, 0.6) is 0 Å². The molecule has 1 fully saturated rings. The highest BCUT2D eigenvalue weighted by molar-refractivity contribution is 5.58. The summed E-state index contributed by atoms with van der Waals surface area (Å²) in [5.74, 6) is 2.17. The van der Waals surface area contributed by atoms with E-state index in [1.807, 2.05) is 0 Å². The van der Waals surface area contributed by atoms with Gasteiger partial charge in [-0.3, -0.25) is 0 Å². The monoisotopic (exact) mass is 248 g/mol. The van der Waals surface area contributed by atoms with E-state index >= 15 is 0 Å². The van der Waals surface area contributed by atoms with Crippen molar-refractivity contribution in [2.75, 3.05) is 29.9 Å². The van der Waals surface area contributed by atoms with Gasteiger partial charge in [0.25, 0.3) is 0 Å². The molecule has 1 aromatic heterocycles. The van der Waals surface area contributed by atoms with E-state index in [0.29, 0.717) is 0 Å². The Bertz CT molecular complexity index is 372. The largest absolute Gasteiger partial charge is 0.370 e. The molecular weight excluding hydrogens is 224 g/mol. The smallest absolute Gasteiger partial charge is 0.137 e. The van der Waals surface area contributed by atoms with Gasteiger partial charge in [0.1, 0.15) is 18.0 Å². The fraction of sp³-hybridized carbons (Fsp3) is 0.714. The number of piperidine rings is 1. The Morgan fingerprint density at radius 2 is 1.94 bits per heavy atom. The predicted octanol–water partition coefficient (Wildman–Crippen LogP) is 2.85. The Labute approximate surface area is 110 Å². The molecule has 0 spiro atoms. The summed E-state index contributed by atoms with van der Waals surface area (Å²) >= 11 is 0. The highest BCUT2D eigenvalue weighted by atomic mass is 15.2. The number of rotatable bonds is 5. The summed E-state index contributed by atoms with van der Waals surface area (Å²) in [5, 5.41) is 3.42. The molecule has 1 aromatic rings. The molecule has 0 saturated carbocycles. The molecule has 1 saturated heterocycles. The summed E-state index contributed by atoms with van der Waals surface area (Å²) in [6, 6.07) is 0. The Morgan fingerprint density at radius 3 is 2.61 bits per heavy atom. The van der Waals surface area contributed by atoms with E-state index in [0.717, 1.165) is 44.1 Å². The highest BCUT2D eigenvalue weighted by Gasteiger charge is 2.17. The summed E-state index contributed by atoms with van der Waals surface area (Å²) < 4.78 is 0. The van der Waals surface area contributed by atoms with Crippen molar-refractivity contribution in [1.82, 2.24) is 9.97 Å². The fourth-order valence-corrected chi connectivity index (χ4v) is 2.50. The van der Waals surface area contributed by atoms with Gasteiger partial charge in [-0.05, 0) is 32.1 Å². The minimum atomic E-state index is 0.976. The fourth-order valence-electron chi connectivity index (χ4n) is 2.50. The molecule has 1 aliphatic rings. The van der Waals surface area contributed by atoms with Crippen LogP contribution in [0.2, 0.25) is 0 Å². The van der Waals surface area contributed by atoms with Crippen molar-refractivity contribution < 1.29 is 0 Å². The average molecular weight is 248 g/mol. The first kappa shape index (κ1) is 13.1. The zero-order chi connectivity index (χ0) is 12.8. The summed E-state index contributed by atoms with van der Waals surface area (Å²) in [4.78, 5) is 11.3. The van der Waals surface area contributed by atoms with E-state index in [1.165, 1.54) is 24.8 Å². The Hall–Kier alpha value is -1.32. The van der Waals surface area contributed by atoms with Gasteiger partial charge in [0, 0.05) is 25.2 Å². The summed E-state index contributed by atoms with van der Waals surface area (Å²) in [6.45, 7) is 7.60. The molecule has 0 unspecified atom stereocenters. The molecule has 0 bridgehead atoms. The molecule has 0 atom stereocenters. The number of hydrogen-bond acceptors (Lipinski definition) is 4. The number of anilines is 2. The molecule has 4 heteroatoms. The minimum absolute atomic E-state index is 0.976. The van der Waals surface area contributed by atoms with Crippen molar-refractivity contribution in [3.8, 4) is 0 Å². The second-order valence-corrected chi connectivity index (χ2v) is 4.85. The standard InChI is InChI=1S/C14H24N4/c1-3-8-15-13-12(4-2)14(17-11-16-13)18-9-6-5-7-10-18/h11H,3-10H2,1-2H3,(H,15,16,17). The van der Waals surface area contributed by atoms with Crippen LogP contribution >= 0.6 is 0 Å². The third kappa shape index (κ3) is 2.92. The van der Waals surface area contributed by atoms with Crippen molar-refractivity contribution in [3.63, 3.8) is 0 Å². The Kier molecular flexibility index (Phi) is 4.79. The first-order valence-corrected chi connectivity index (χ1v) is 7.19. The summed E-state index contributed by atoms with van der Waals surface area (Å²) in [5.41, 5.74) is 1.27. The lowest BCUT2D eigenvalue weighted by atomic mass is 10.1. The normalized spacial score (nSPS) is 15.8. The van der Waals surface area contributed by atoms with Crippen LogP contribution in [0.15, 0.2) is 6.33 Å². The minimum Gasteiger partial charge on any atom is -0.370 e. The topological polar surface area (TPSA) is 41.1 Å². The molecule has 0 radical (unpaired) electrons. The predicted molar refractivity (Wildman–Crippen MR) is 76.3 cm³/mol. The number of nitrogens with zero attached hydrogens (tertiary/aromatic N) is 3. The van der Waals surface area contributed by atoms with E-state index in [4.69, 9.17) is 0 Å². The van der Waals surface area contributed by atoms with Gasteiger partial charge in [-0.2, -0.15) is 0 Å². The van der Waals surface area contributed by atoms with Gasteiger partial charge in [0.05, 0.1) is 0 Å². The van der Waals surface area contributed by atoms with E-state index in [9.17, 15) is 0 Å². The van der Waals surface area contributed by atoms with Crippen LogP contribution in [-0.4, -0.2) is 29.6 Å². The molecule has 1 aliphatic heterocycles. The molecule has 0 aliphatic carbocycles. The number of nitrogens with one attached hydrogen (secondary N) is 1. The van der Waals surface area contributed by atoms with Gasteiger partial charge >= 0.3 is 0 Å². The molecule has 18 heavy (non-hydrogen) atoms. The van der Waals surface area contributed by atoms with Crippen molar-refractivity contribution in [2.24, 2.45) is 0 Å². The van der Waals surface area contributed by atoms with E-state index in [2.05, 4.69) is 34.0 Å². The lowest BCUT2D eigenvalue weighted by Crippen LogP contribution is -2.31.